The van der Waals surface area contributed by atoms with Crippen molar-refractivity contribution in [1.82, 2.24) is 9.29 Å². The molecule has 3 aromatic rings. The summed E-state index contributed by atoms with van der Waals surface area (Å²) >= 11 is 1.06. The van der Waals surface area contributed by atoms with Gasteiger partial charge in [0.25, 0.3) is 0 Å². The molecule has 1 atom stereocenters. The summed E-state index contributed by atoms with van der Waals surface area (Å²) in [5, 5.41) is 0. The molecule has 0 bridgehead atoms. The highest BCUT2D eigenvalue weighted by molar-refractivity contribution is 7.89. The van der Waals surface area contributed by atoms with Crippen molar-refractivity contribution in [3.05, 3.63) is 51.6 Å². The lowest BCUT2D eigenvalue weighted by Gasteiger charge is -2.37. The summed E-state index contributed by atoms with van der Waals surface area (Å²) in [5.41, 5.74) is 0.942. The van der Waals surface area contributed by atoms with Gasteiger partial charge in [0.05, 0.1) is 28.3 Å². The maximum atomic E-state index is 13.3. The van der Waals surface area contributed by atoms with Crippen LogP contribution in [0.25, 0.3) is 10.2 Å². The van der Waals surface area contributed by atoms with E-state index in [4.69, 9.17) is 9.47 Å². The molecule has 0 fully saturated rings. The summed E-state index contributed by atoms with van der Waals surface area (Å²) in [5.74, 6) is 1.26. The highest BCUT2D eigenvalue weighted by atomic mass is 32.2. The van der Waals surface area contributed by atoms with Crippen LogP contribution in [0.3, 0.4) is 0 Å². The van der Waals surface area contributed by atoms with Crippen LogP contribution in [0, 0.1) is 0 Å². The number of methoxy groups -OCH3 is 1. The summed E-state index contributed by atoms with van der Waals surface area (Å²) in [6.45, 7) is 7.72. The average molecular weight is 463 g/mol. The lowest BCUT2D eigenvalue weighted by molar-refractivity contribution is 0.0700. The van der Waals surface area contributed by atoms with Crippen LogP contribution >= 0.6 is 11.3 Å². The predicted molar refractivity (Wildman–Crippen MR) is 122 cm³/mol. The van der Waals surface area contributed by atoms with Crippen LogP contribution in [-0.2, 0) is 10.0 Å². The molecule has 4 rings (SSSR count). The Bertz CT molecular complexity index is 1310. The molecule has 7 nitrogen and oxygen atoms in total. The van der Waals surface area contributed by atoms with Crippen LogP contribution < -0.4 is 19.1 Å². The molecule has 2 aromatic carbocycles. The molecule has 0 saturated heterocycles. The highest BCUT2D eigenvalue weighted by Gasteiger charge is 2.36. The fourth-order valence-corrected chi connectivity index (χ4v) is 6.36. The minimum Gasteiger partial charge on any atom is -0.497 e. The minimum absolute atomic E-state index is 0.00205. The zero-order chi connectivity index (χ0) is 22.6. The Labute approximate surface area is 185 Å². The lowest BCUT2D eigenvalue weighted by Crippen LogP contribution is -2.41. The molecule has 0 unspecified atom stereocenters. The number of fused-ring (bicyclic) bond motifs is 2. The fourth-order valence-electron chi connectivity index (χ4n) is 3.99. The number of nitrogens with one attached hydrogen (secondary N) is 1. The maximum Gasteiger partial charge on any atom is 0.308 e. The SMILES string of the molecule is COc1ccc2c(c1)[C@@H](NS(=O)(=O)c1ccc3c(c1)sc(=O)n3C(C)C)CC(C)(C)O2. The Hall–Kier alpha value is -2.36. The van der Waals surface area contributed by atoms with Gasteiger partial charge in [-0.1, -0.05) is 11.3 Å². The van der Waals surface area contributed by atoms with Gasteiger partial charge in [0.15, 0.2) is 0 Å². The third-order valence-electron chi connectivity index (χ3n) is 5.38. The first-order chi connectivity index (χ1) is 14.5. The zero-order valence-corrected chi connectivity index (χ0v) is 19.8. The smallest absolute Gasteiger partial charge is 0.308 e. The van der Waals surface area contributed by atoms with E-state index in [9.17, 15) is 13.2 Å². The number of hydrogen-bond donors (Lipinski definition) is 1. The van der Waals surface area contributed by atoms with Gasteiger partial charge in [0, 0.05) is 18.0 Å². The van der Waals surface area contributed by atoms with Crippen molar-refractivity contribution in [2.24, 2.45) is 0 Å². The molecule has 2 heterocycles. The Morgan fingerprint density at radius 2 is 1.97 bits per heavy atom. The van der Waals surface area contributed by atoms with E-state index in [1.807, 2.05) is 27.7 Å². The van der Waals surface area contributed by atoms with Gasteiger partial charge in [0.1, 0.15) is 17.1 Å². The Balaban J connectivity index is 1.73. The number of nitrogens with zero attached hydrogens (tertiary/aromatic N) is 1. The standard InChI is InChI=1S/C22H26N2O5S2/c1-13(2)24-18-8-7-15(11-20(18)30-21(24)25)31(26,27)23-17-12-22(3,4)29-19-9-6-14(28-5)10-16(17)19/h6-11,13,17,23H,12H2,1-5H3/t17-/m0/s1. The van der Waals surface area contributed by atoms with Crippen LogP contribution in [0.4, 0.5) is 0 Å². The molecule has 166 valence electrons. The molecule has 1 N–H and O–H groups in total. The van der Waals surface area contributed by atoms with E-state index < -0.39 is 21.7 Å². The first kappa shape index (κ1) is 21.9. The van der Waals surface area contributed by atoms with Gasteiger partial charge in [-0.2, -0.15) is 0 Å². The molecular weight excluding hydrogens is 436 g/mol. The van der Waals surface area contributed by atoms with Crippen LogP contribution in [0.15, 0.2) is 46.1 Å². The molecule has 1 aromatic heterocycles. The number of sulfonamides is 1. The minimum atomic E-state index is -3.84. The van der Waals surface area contributed by atoms with Gasteiger partial charge >= 0.3 is 4.87 Å². The fraction of sp³-hybridized carbons (Fsp3) is 0.409. The normalized spacial score (nSPS) is 18.1. The summed E-state index contributed by atoms with van der Waals surface area (Å²) in [6.07, 6.45) is 0.464. The van der Waals surface area contributed by atoms with Crippen molar-refractivity contribution in [1.29, 1.82) is 0 Å². The second-order valence-corrected chi connectivity index (χ2v) is 11.3. The van der Waals surface area contributed by atoms with Crippen molar-refractivity contribution in [2.75, 3.05) is 7.11 Å². The monoisotopic (exact) mass is 462 g/mol. The van der Waals surface area contributed by atoms with Gasteiger partial charge in [0.2, 0.25) is 10.0 Å². The largest absolute Gasteiger partial charge is 0.497 e. The highest BCUT2D eigenvalue weighted by Crippen LogP contribution is 2.41. The van der Waals surface area contributed by atoms with Crippen LogP contribution in [0.2, 0.25) is 0 Å². The number of benzene rings is 2. The van der Waals surface area contributed by atoms with E-state index in [2.05, 4.69) is 4.72 Å². The molecule has 0 aliphatic carbocycles. The van der Waals surface area contributed by atoms with E-state index >= 15 is 0 Å². The van der Waals surface area contributed by atoms with Gasteiger partial charge in [-0.25, -0.2) is 13.1 Å². The second-order valence-electron chi connectivity index (χ2n) is 8.60. The summed E-state index contributed by atoms with van der Waals surface area (Å²) in [4.78, 5) is 12.4. The third kappa shape index (κ3) is 4.09. The maximum absolute atomic E-state index is 13.3. The predicted octanol–water partition coefficient (Wildman–Crippen LogP) is 4.23. The summed E-state index contributed by atoms with van der Waals surface area (Å²) in [7, 11) is -2.27. The number of rotatable bonds is 5. The molecule has 1 aliphatic rings. The van der Waals surface area contributed by atoms with Crippen LogP contribution in [0.1, 0.15) is 51.8 Å². The quantitative estimate of drug-likeness (QED) is 0.613. The van der Waals surface area contributed by atoms with E-state index in [1.165, 1.54) is 0 Å². The Kier molecular flexibility index (Phi) is 5.39. The average Bonchev–Trinajstić information content (AvgIpc) is 3.01. The molecule has 31 heavy (non-hydrogen) atoms. The first-order valence-electron chi connectivity index (χ1n) is 10.0. The van der Waals surface area contributed by atoms with Crippen LogP contribution in [0.5, 0.6) is 11.5 Å². The third-order valence-corrected chi connectivity index (χ3v) is 7.77. The topological polar surface area (TPSA) is 86.6 Å². The molecule has 0 amide bonds. The Morgan fingerprint density at radius 3 is 2.65 bits per heavy atom. The van der Waals surface area contributed by atoms with E-state index in [0.29, 0.717) is 22.6 Å². The molecule has 0 saturated carbocycles. The van der Waals surface area contributed by atoms with Crippen molar-refractivity contribution in [3.63, 3.8) is 0 Å². The van der Waals surface area contributed by atoms with Crippen molar-refractivity contribution in [2.45, 2.75) is 56.7 Å². The van der Waals surface area contributed by atoms with Crippen LogP contribution in [-0.4, -0.2) is 25.7 Å². The Morgan fingerprint density at radius 1 is 1.23 bits per heavy atom. The van der Waals surface area contributed by atoms with Crippen molar-refractivity contribution < 1.29 is 17.9 Å². The summed E-state index contributed by atoms with van der Waals surface area (Å²) in [6, 6.07) is 9.73. The van der Waals surface area contributed by atoms with E-state index in [0.717, 1.165) is 22.4 Å². The first-order valence-corrected chi connectivity index (χ1v) is 12.3. The van der Waals surface area contributed by atoms with Gasteiger partial charge in [-0.05, 0) is 64.1 Å². The molecule has 9 heteroatoms. The van der Waals surface area contributed by atoms with Crippen molar-refractivity contribution in [3.8, 4) is 11.5 Å². The zero-order valence-electron chi connectivity index (χ0n) is 18.1. The lowest BCUT2D eigenvalue weighted by atomic mass is 9.90. The van der Waals surface area contributed by atoms with E-state index in [1.54, 1.807) is 48.1 Å². The molecular formula is C22H26N2O5S2. The van der Waals surface area contributed by atoms with Gasteiger partial charge < -0.3 is 9.47 Å². The number of aromatic nitrogens is 1. The number of ether oxygens (including phenoxy) is 2. The van der Waals surface area contributed by atoms with Gasteiger partial charge in [-0.3, -0.25) is 9.36 Å². The van der Waals surface area contributed by atoms with Gasteiger partial charge in [-0.15, -0.1) is 0 Å². The second kappa shape index (κ2) is 7.65. The number of thiazole rings is 1. The molecule has 0 spiro atoms. The summed E-state index contributed by atoms with van der Waals surface area (Å²) < 4.78 is 43.1. The molecule has 0 radical (unpaired) electrons. The number of hydrogen-bond acceptors (Lipinski definition) is 6. The van der Waals surface area contributed by atoms with Crippen molar-refractivity contribution >= 4 is 31.6 Å². The van der Waals surface area contributed by atoms with E-state index in [-0.39, 0.29) is 15.8 Å². The molecule has 1 aliphatic heterocycles.